The minimum atomic E-state index is -4.87. The van der Waals surface area contributed by atoms with E-state index in [1.807, 2.05) is 19.1 Å². The summed E-state index contributed by atoms with van der Waals surface area (Å²) in [6.45, 7) is 2.12. The Kier molecular flexibility index (Phi) is 4.83. The topological polar surface area (TPSA) is 67.0 Å². The zero-order valence-electron chi connectivity index (χ0n) is 13.9. The third-order valence-corrected chi connectivity index (χ3v) is 3.87. The average molecular weight is 363 g/mol. The standard InChI is InChI=1S/C18H16F3N3O2/c1-11-5-4-7-13(11)15-9-12(23-24-15)10-22-17(25)14-6-2-3-8-16(14)26-18(19,20)21/h2-4,6-9H,5,10H2,1H3,(H,22,25)(H,23,24). The van der Waals surface area contributed by atoms with Crippen molar-refractivity contribution in [2.75, 3.05) is 0 Å². The van der Waals surface area contributed by atoms with E-state index < -0.39 is 18.0 Å². The number of carbonyl (C=O) groups excluding carboxylic acids is 1. The molecule has 2 N–H and O–H groups in total. The first-order valence-corrected chi connectivity index (χ1v) is 7.87. The van der Waals surface area contributed by atoms with Crippen LogP contribution < -0.4 is 10.1 Å². The highest BCUT2D eigenvalue weighted by Crippen LogP contribution is 2.27. The van der Waals surface area contributed by atoms with Crippen LogP contribution in [0.4, 0.5) is 13.2 Å². The third kappa shape index (κ3) is 4.14. The van der Waals surface area contributed by atoms with E-state index in [0.717, 1.165) is 23.8 Å². The van der Waals surface area contributed by atoms with Crippen molar-refractivity contribution in [2.45, 2.75) is 26.3 Å². The van der Waals surface area contributed by atoms with Crippen molar-refractivity contribution in [3.63, 3.8) is 0 Å². The Bertz CT molecular complexity index is 882. The summed E-state index contributed by atoms with van der Waals surface area (Å²) in [5.41, 5.74) is 3.44. The van der Waals surface area contributed by atoms with E-state index in [9.17, 15) is 18.0 Å². The molecule has 1 amide bonds. The molecule has 5 nitrogen and oxygen atoms in total. The molecule has 0 spiro atoms. The summed E-state index contributed by atoms with van der Waals surface area (Å²) in [5.74, 6) is -1.21. The van der Waals surface area contributed by atoms with Gasteiger partial charge in [-0.3, -0.25) is 9.89 Å². The summed E-state index contributed by atoms with van der Waals surface area (Å²) in [7, 11) is 0. The predicted molar refractivity (Wildman–Crippen MR) is 89.2 cm³/mol. The van der Waals surface area contributed by atoms with Gasteiger partial charge in [0.25, 0.3) is 5.91 Å². The van der Waals surface area contributed by atoms with E-state index in [1.54, 1.807) is 6.07 Å². The lowest BCUT2D eigenvalue weighted by atomic mass is 10.1. The van der Waals surface area contributed by atoms with Crippen molar-refractivity contribution in [3.05, 3.63) is 65.0 Å². The molecule has 136 valence electrons. The number of allylic oxidation sites excluding steroid dienone is 4. The number of carbonyl (C=O) groups is 1. The molecule has 0 radical (unpaired) electrons. The van der Waals surface area contributed by atoms with Gasteiger partial charge in [-0.05, 0) is 31.5 Å². The van der Waals surface area contributed by atoms with Crippen LogP contribution in [0.3, 0.4) is 0 Å². The molecule has 0 bridgehead atoms. The van der Waals surface area contributed by atoms with Crippen LogP contribution in [0.25, 0.3) is 5.57 Å². The smallest absolute Gasteiger partial charge is 0.405 e. The van der Waals surface area contributed by atoms with E-state index >= 15 is 0 Å². The number of hydrogen-bond donors (Lipinski definition) is 2. The number of aromatic nitrogens is 2. The second kappa shape index (κ2) is 7.07. The highest BCUT2D eigenvalue weighted by Gasteiger charge is 2.32. The molecule has 0 aliphatic heterocycles. The second-order valence-corrected chi connectivity index (χ2v) is 5.81. The number of rotatable bonds is 5. The molecular formula is C18H16F3N3O2. The molecule has 8 heteroatoms. The molecule has 1 aromatic heterocycles. The lowest BCUT2D eigenvalue weighted by molar-refractivity contribution is -0.274. The molecule has 2 aromatic rings. The van der Waals surface area contributed by atoms with Gasteiger partial charge >= 0.3 is 6.36 Å². The van der Waals surface area contributed by atoms with Gasteiger partial charge in [-0.25, -0.2) is 0 Å². The van der Waals surface area contributed by atoms with Crippen LogP contribution in [0, 0.1) is 0 Å². The number of ether oxygens (including phenoxy) is 1. The molecule has 0 atom stereocenters. The Morgan fingerprint density at radius 1 is 1.35 bits per heavy atom. The van der Waals surface area contributed by atoms with Crippen molar-refractivity contribution in [2.24, 2.45) is 0 Å². The van der Waals surface area contributed by atoms with Crippen LogP contribution in [0.2, 0.25) is 0 Å². The van der Waals surface area contributed by atoms with Crippen LogP contribution >= 0.6 is 0 Å². The lowest BCUT2D eigenvalue weighted by Crippen LogP contribution is -2.25. The zero-order valence-corrected chi connectivity index (χ0v) is 13.9. The Morgan fingerprint density at radius 2 is 2.12 bits per heavy atom. The van der Waals surface area contributed by atoms with E-state index in [-0.39, 0.29) is 12.1 Å². The number of para-hydroxylation sites is 1. The first-order chi connectivity index (χ1) is 12.3. The second-order valence-electron chi connectivity index (χ2n) is 5.81. The Morgan fingerprint density at radius 3 is 2.81 bits per heavy atom. The molecule has 3 rings (SSSR count). The maximum atomic E-state index is 12.4. The van der Waals surface area contributed by atoms with Crippen LogP contribution in [0.5, 0.6) is 5.75 Å². The number of aromatic amines is 1. The molecule has 1 heterocycles. The molecular weight excluding hydrogens is 347 g/mol. The van der Waals surface area contributed by atoms with Crippen LogP contribution in [0.15, 0.2) is 48.1 Å². The maximum Gasteiger partial charge on any atom is 0.573 e. The first kappa shape index (κ1) is 17.8. The quantitative estimate of drug-likeness (QED) is 0.845. The lowest BCUT2D eigenvalue weighted by Gasteiger charge is -2.12. The van der Waals surface area contributed by atoms with Crippen LogP contribution in [-0.4, -0.2) is 22.5 Å². The number of halogens is 3. The SMILES string of the molecule is CC1=C(c2cc(CNC(=O)c3ccccc3OC(F)(F)F)[nH]n2)C=CC1. The van der Waals surface area contributed by atoms with E-state index in [2.05, 4.69) is 20.3 Å². The summed E-state index contributed by atoms with van der Waals surface area (Å²) < 4.78 is 41.2. The molecule has 0 fully saturated rings. The molecule has 0 saturated carbocycles. The minimum Gasteiger partial charge on any atom is -0.405 e. The van der Waals surface area contributed by atoms with Crippen molar-refractivity contribution < 1.29 is 22.7 Å². The Labute approximate surface area is 147 Å². The fourth-order valence-corrected chi connectivity index (χ4v) is 2.64. The van der Waals surface area contributed by atoms with Crippen molar-refractivity contribution in [1.29, 1.82) is 0 Å². The summed E-state index contributed by atoms with van der Waals surface area (Å²) in [6, 6.07) is 7.00. The number of nitrogens with zero attached hydrogens (tertiary/aromatic N) is 1. The maximum absolute atomic E-state index is 12.4. The highest BCUT2D eigenvalue weighted by molar-refractivity contribution is 5.96. The zero-order chi connectivity index (χ0) is 18.7. The highest BCUT2D eigenvalue weighted by atomic mass is 19.4. The van der Waals surface area contributed by atoms with Crippen molar-refractivity contribution >= 4 is 11.5 Å². The van der Waals surface area contributed by atoms with Gasteiger partial charge < -0.3 is 10.1 Å². The molecule has 0 saturated heterocycles. The normalized spacial score (nSPS) is 14.0. The molecule has 1 aliphatic rings. The number of alkyl halides is 3. The van der Waals surface area contributed by atoms with Crippen molar-refractivity contribution in [3.8, 4) is 5.75 Å². The number of hydrogen-bond acceptors (Lipinski definition) is 3. The van der Waals surface area contributed by atoms with Crippen LogP contribution in [-0.2, 0) is 6.54 Å². The number of nitrogens with one attached hydrogen (secondary N) is 2. The van der Waals surface area contributed by atoms with E-state index in [0.29, 0.717) is 5.69 Å². The number of H-pyrrole nitrogens is 1. The van der Waals surface area contributed by atoms with Gasteiger partial charge in [0.1, 0.15) is 5.75 Å². The summed E-state index contributed by atoms with van der Waals surface area (Å²) in [5, 5.41) is 9.59. The molecule has 26 heavy (non-hydrogen) atoms. The minimum absolute atomic E-state index is 0.0994. The van der Waals surface area contributed by atoms with Gasteiger partial charge in [0.2, 0.25) is 0 Å². The summed E-state index contributed by atoms with van der Waals surface area (Å²) in [4.78, 5) is 12.2. The summed E-state index contributed by atoms with van der Waals surface area (Å²) in [6.07, 6.45) is 0.0380. The van der Waals surface area contributed by atoms with Crippen molar-refractivity contribution in [1.82, 2.24) is 15.5 Å². The monoisotopic (exact) mass is 363 g/mol. The van der Waals surface area contributed by atoms with Gasteiger partial charge in [-0.1, -0.05) is 29.9 Å². The Hall–Kier alpha value is -3.03. The first-order valence-electron chi connectivity index (χ1n) is 7.87. The predicted octanol–water partition coefficient (Wildman–Crippen LogP) is 3.97. The summed E-state index contributed by atoms with van der Waals surface area (Å²) >= 11 is 0. The fraction of sp³-hybridized carbons (Fsp3) is 0.222. The van der Waals surface area contributed by atoms with Gasteiger partial charge in [0, 0.05) is 5.57 Å². The van der Waals surface area contributed by atoms with Gasteiger partial charge in [0.15, 0.2) is 0 Å². The van der Waals surface area contributed by atoms with Gasteiger partial charge in [-0.2, -0.15) is 5.10 Å². The average Bonchev–Trinajstić information content (AvgIpc) is 3.20. The fourth-order valence-electron chi connectivity index (χ4n) is 2.64. The molecule has 0 unspecified atom stereocenters. The molecule has 1 aliphatic carbocycles. The number of amides is 1. The van der Waals surface area contributed by atoms with E-state index in [1.165, 1.54) is 23.8 Å². The molecule has 1 aromatic carbocycles. The van der Waals surface area contributed by atoms with E-state index in [4.69, 9.17) is 0 Å². The Balaban J connectivity index is 1.68. The largest absolute Gasteiger partial charge is 0.573 e. The van der Waals surface area contributed by atoms with Gasteiger partial charge in [0.05, 0.1) is 23.5 Å². The third-order valence-electron chi connectivity index (χ3n) is 3.87. The number of benzene rings is 1. The van der Waals surface area contributed by atoms with Crippen LogP contribution in [0.1, 0.15) is 35.1 Å². The van der Waals surface area contributed by atoms with Gasteiger partial charge in [-0.15, -0.1) is 13.2 Å².